The first-order valence-corrected chi connectivity index (χ1v) is 7.12. The van der Waals surface area contributed by atoms with Gasteiger partial charge >= 0.3 is 0 Å². The maximum Gasteiger partial charge on any atom is 0.222 e. The number of carbonyl (C=O) groups is 1. The molecule has 0 spiro atoms. The molecular weight excluding hydrogens is 254 g/mol. The van der Waals surface area contributed by atoms with Gasteiger partial charge in [0.15, 0.2) is 0 Å². The lowest BCUT2D eigenvalue weighted by molar-refractivity contribution is -0.182. The Labute approximate surface area is 120 Å². The standard InChI is InChI=1S/C15H25N3O2/c1-11-9-16-18(10-11)7-6-13(19)17-12-8-15(4,20-5)14(12,2)3/h9-10,12H,6-8H2,1-5H3,(H,17,19)/t12-,15+/m1/s1. The fraction of sp³-hybridized carbons (Fsp3) is 0.733. The molecule has 1 heterocycles. The Morgan fingerprint density at radius 3 is 2.75 bits per heavy atom. The van der Waals surface area contributed by atoms with E-state index >= 15 is 0 Å². The van der Waals surface area contributed by atoms with E-state index < -0.39 is 0 Å². The van der Waals surface area contributed by atoms with E-state index in [-0.39, 0.29) is 23.0 Å². The summed E-state index contributed by atoms with van der Waals surface area (Å²) < 4.78 is 7.37. The highest BCUT2D eigenvalue weighted by Crippen LogP contribution is 2.51. The number of ether oxygens (including phenoxy) is 1. The van der Waals surface area contributed by atoms with Crippen LogP contribution in [-0.2, 0) is 16.1 Å². The van der Waals surface area contributed by atoms with E-state index in [1.54, 1.807) is 18.0 Å². The van der Waals surface area contributed by atoms with E-state index in [0.29, 0.717) is 13.0 Å². The number of carbonyl (C=O) groups excluding carboxylic acids is 1. The molecule has 112 valence electrons. The van der Waals surface area contributed by atoms with Gasteiger partial charge in [0.25, 0.3) is 0 Å². The molecule has 0 radical (unpaired) electrons. The van der Waals surface area contributed by atoms with Gasteiger partial charge in [0, 0.05) is 37.7 Å². The number of aryl methyl sites for hydroxylation is 2. The predicted octanol–water partition coefficient (Wildman–Crippen LogP) is 1.90. The van der Waals surface area contributed by atoms with Crippen molar-refractivity contribution in [2.24, 2.45) is 5.41 Å². The average Bonchev–Trinajstić information content (AvgIpc) is 2.81. The number of hydrogen-bond donors (Lipinski definition) is 1. The number of nitrogens with zero attached hydrogens (tertiary/aromatic N) is 2. The molecular formula is C15H25N3O2. The Hall–Kier alpha value is -1.36. The van der Waals surface area contributed by atoms with E-state index in [9.17, 15) is 4.79 Å². The van der Waals surface area contributed by atoms with Crippen molar-refractivity contribution in [1.82, 2.24) is 15.1 Å². The first kappa shape index (κ1) is 15.0. The van der Waals surface area contributed by atoms with Crippen molar-refractivity contribution in [1.29, 1.82) is 0 Å². The summed E-state index contributed by atoms with van der Waals surface area (Å²) in [6.45, 7) is 8.99. The van der Waals surface area contributed by atoms with Gasteiger partial charge in [-0.25, -0.2) is 0 Å². The first-order chi connectivity index (χ1) is 9.28. The van der Waals surface area contributed by atoms with Crippen LogP contribution in [0.15, 0.2) is 12.4 Å². The van der Waals surface area contributed by atoms with Gasteiger partial charge in [-0.05, 0) is 25.8 Å². The summed E-state index contributed by atoms with van der Waals surface area (Å²) in [7, 11) is 1.74. The molecule has 0 bridgehead atoms. The molecule has 0 saturated heterocycles. The van der Waals surface area contributed by atoms with Crippen LogP contribution in [0.2, 0.25) is 0 Å². The van der Waals surface area contributed by atoms with Crippen LogP contribution in [0.5, 0.6) is 0 Å². The lowest BCUT2D eigenvalue weighted by atomic mass is 9.56. The van der Waals surface area contributed by atoms with Crippen molar-refractivity contribution in [3.63, 3.8) is 0 Å². The van der Waals surface area contributed by atoms with Crippen LogP contribution in [0.25, 0.3) is 0 Å². The van der Waals surface area contributed by atoms with E-state index in [2.05, 4.69) is 31.2 Å². The summed E-state index contributed by atoms with van der Waals surface area (Å²) in [5.41, 5.74) is 0.922. The SMILES string of the molecule is CO[C@@]1(C)C[C@@H](NC(=O)CCn2cc(C)cn2)C1(C)C. The van der Waals surface area contributed by atoms with Gasteiger partial charge in [-0.3, -0.25) is 9.48 Å². The minimum Gasteiger partial charge on any atom is -0.378 e. The van der Waals surface area contributed by atoms with Crippen LogP contribution in [0.3, 0.4) is 0 Å². The maximum absolute atomic E-state index is 12.0. The zero-order chi connectivity index (χ0) is 15.0. The number of methoxy groups -OCH3 is 1. The highest BCUT2D eigenvalue weighted by atomic mass is 16.5. The summed E-state index contributed by atoms with van der Waals surface area (Å²) in [5.74, 6) is 0.0781. The molecule has 20 heavy (non-hydrogen) atoms. The van der Waals surface area contributed by atoms with Crippen LogP contribution in [0.1, 0.15) is 39.2 Å². The van der Waals surface area contributed by atoms with Gasteiger partial charge in [-0.1, -0.05) is 13.8 Å². The van der Waals surface area contributed by atoms with Gasteiger partial charge in [-0.15, -0.1) is 0 Å². The molecule has 2 atom stereocenters. The quantitative estimate of drug-likeness (QED) is 0.895. The molecule has 2 rings (SSSR count). The minimum atomic E-state index is -0.149. The van der Waals surface area contributed by atoms with Gasteiger partial charge in [0.05, 0.1) is 11.8 Å². The van der Waals surface area contributed by atoms with Crippen LogP contribution >= 0.6 is 0 Å². The van der Waals surface area contributed by atoms with Crippen molar-refractivity contribution in [2.75, 3.05) is 7.11 Å². The molecule has 1 amide bonds. The van der Waals surface area contributed by atoms with Crippen molar-refractivity contribution in [2.45, 2.75) is 58.7 Å². The summed E-state index contributed by atoms with van der Waals surface area (Å²) in [4.78, 5) is 12.0. The summed E-state index contributed by atoms with van der Waals surface area (Å²) in [6.07, 6.45) is 5.07. The maximum atomic E-state index is 12.0. The highest BCUT2D eigenvalue weighted by molar-refractivity contribution is 5.76. The monoisotopic (exact) mass is 279 g/mol. The number of aromatic nitrogens is 2. The number of rotatable bonds is 5. The topological polar surface area (TPSA) is 56.1 Å². The van der Waals surface area contributed by atoms with E-state index in [1.165, 1.54) is 0 Å². The molecule has 1 aliphatic carbocycles. The van der Waals surface area contributed by atoms with Crippen molar-refractivity contribution in [3.8, 4) is 0 Å². The third-order valence-corrected chi connectivity index (χ3v) is 4.94. The van der Waals surface area contributed by atoms with Crippen molar-refractivity contribution in [3.05, 3.63) is 18.0 Å². The van der Waals surface area contributed by atoms with Crippen molar-refractivity contribution >= 4 is 5.91 Å². The lowest BCUT2D eigenvalue weighted by Crippen LogP contribution is -2.68. The molecule has 0 unspecified atom stereocenters. The Morgan fingerprint density at radius 1 is 1.55 bits per heavy atom. The predicted molar refractivity (Wildman–Crippen MR) is 77.3 cm³/mol. The smallest absolute Gasteiger partial charge is 0.222 e. The number of amides is 1. The molecule has 1 aromatic rings. The number of nitrogens with one attached hydrogen (secondary N) is 1. The van der Waals surface area contributed by atoms with E-state index in [1.807, 2.05) is 13.1 Å². The first-order valence-electron chi connectivity index (χ1n) is 7.12. The zero-order valence-corrected chi connectivity index (χ0v) is 13.1. The zero-order valence-electron chi connectivity index (χ0n) is 13.1. The molecule has 5 heteroatoms. The third kappa shape index (κ3) is 2.59. The Morgan fingerprint density at radius 2 is 2.25 bits per heavy atom. The molecule has 1 saturated carbocycles. The Bertz CT molecular complexity index is 495. The molecule has 1 fully saturated rings. The third-order valence-electron chi connectivity index (χ3n) is 4.94. The molecule has 1 N–H and O–H groups in total. The van der Waals surface area contributed by atoms with Gasteiger partial charge in [-0.2, -0.15) is 5.10 Å². The summed E-state index contributed by atoms with van der Waals surface area (Å²) in [6, 6.07) is 0.180. The Balaban J connectivity index is 1.81. The van der Waals surface area contributed by atoms with Crippen LogP contribution in [0, 0.1) is 12.3 Å². The molecule has 0 aliphatic heterocycles. The number of hydrogen-bond acceptors (Lipinski definition) is 3. The average molecular weight is 279 g/mol. The fourth-order valence-corrected chi connectivity index (χ4v) is 2.79. The second-order valence-electron chi connectivity index (χ2n) is 6.51. The van der Waals surface area contributed by atoms with Gasteiger partial charge in [0.2, 0.25) is 5.91 Å². The highest BCUT2D eigenvalue weighted by Gasteiger charge is 2.58. The van der Waals surface area contributed by atoms with E-state index in [0.717, 1.165) is 12.0 Å². The normalized spacial score (nSPS) is 27.9. The fourth-order valence-electron chi connectivity index (χ4n) is 2.79. The van der Waals surface area contributed by atoms with Crippen LogP contribution < -0.4 is 5.32 Å². The lowest BCUT2D eigenvalue weighted by Gasteiger charge is -2.59. The van der Waals surface area contributed by atoms with Gasteiger partial charge in [0.1, 0.15) is 0 Å². The second kappa shape index (κ2) is 5.20. The largest absolute Gasteiger partial charge is 0.378 e. The van der Waals surface area contributed by atoms with Crippen molar-refractivity contribution < 1.29 is 9.53 Å². The molecule has 1 aromatic heterocycles. The summed E-state index contributed by atoms with van der Waals surface area (Å²) >= 11 is 0. The van der Waals surface area contributed by atoms with Gasteiger partial charge < -0.3 is 10.1 Å². The van der Waals surface area contributed by atoms with Crippen LogP contribution in [0.4, 0.5) is 0 Å². The molecule has 1 aliphatic rings. The molecule has 5 nitrogen and oxygen atoms in total. The van der Waals surface area contributed by atoms with E-state index in [4.69, 9.17) is 4.74 Å². The second-order valence-corrected chi connectivity index (χ2v) is 6.51. The summed E-state index contributed by atoms with van der Waals surface area (Å²) in [5, 5.41) is 7.30. The minimum absolute atomic E-state index is 0.0420. The Kier molecular flexibility index (Phi) is 3.91. The van der Waals surface area contributed by atoms with Crippen LogP contribution in [-0.4, -0.2) is 34.4 Å². The molecule has 0 aromatic carbocycles.